The molecule has 2 aliphatic rings. The molecule has 0 heterocycles. The summed E-state index contributed by atoms with van der Waals surface area (Å²) < 4.78 is 0. The quantitative estimate of drug-likeness (QED) is 0.708. The van der Waals surface area contributed by atoms with Crippen LogP contribution in [0.5, 0.6) is 0 Å². The van der Waals surface area contributed by atoms with Crippen molar-refractivity contribution in [2.45, 2.75) is 57.8 Å². The zero-order chi connectivity index (χ0) is 9.15. The molecule has 0 amide bonds. The van der Waals surface area contributed by atoms with Gasteiger partial charge in [0.1, 0.15) is 0 Å². The molecule has 0 saturated heterocycles. The van der Waals surface area contributed by atoms with Crippen LogP contribution in [0.1, 0.15) is 57.8 Å². The number of aliphatic hydroxyl groups is 1. The number of rotatable bonds is 4. The molecule has 1 heteroatoms. The van der Waals surface area contributed by atoms with Crippen LogP contribution in [-0.4, -0.2) is 11.7 Å². The minimum atomic E-state index is 0.378. The van der Waals surface area contributed by atoms with Crippen LogP contribution in [0, 0.1) is 11.3 Å². The van der Waals surface area contributed by atoms with Crippen LogP contribution in [0.25, 0.3) is 0 Å². The zero-order valence-corrected chi connectivity index (χ0v) is 8.60. The molecule has 0 radical (unpaired) electrons. The fourth-order valence-corrected chi connectivity index (χ4v) is 2.97. The van der Waals surface area contributed by atoms with Crippen LogP contribution in [0.4, 0.5) is 0 Å². The molecular formula is C12H22O. The maximum absolute atomic E-state index is 9.31. The summed E-state index contributed by atoms with van der Waals surface area (Å²) in [6, 6.07) is 0. The SMILES string of the molecule is OCC1(CCC2CCCC2)CCC1. The number of hydrogen-bond acceptors (Lipinski definition) is 1. The predicted octanol–water partition coefficient (Wildman–Crippen LogP) is 3.12. The Bertz CT molecular complexity index is 149. The highest BCUT2D eigenvalue weighted by atomic mass is 16.3. The highest BCUT2D eigenvalue weighted by Crippen LogP contribution is 2.46. The number of aliphatic hydroxyl groups excluding tert-OH is 1. The third-order valence-electron chi connectivity index (χ3n) is 4.31. The molecule has 2 aliphatic carbocycles. The zero-order valence-electron chi connectivity index (χ0n) is 8.60. The molecule has 0 aromatic rings. The fraction of sp³-hybridized carbons (Fsp3) is 1.00. The van der Waals surface area contributed by atoms with Gasteiger partial charge in [0, 0.05) is 6.61 Å². The van der Waals surface area contributed by atoms with Crippen LogP contribution in [0.3, 0.4) is 0 Å². The highest BCUT2D eigenvalue weighted by Gasteiger charge is 2.36. The van der Waals surface area contributed by atoms with Crippen LogP contribution < -0.4 is 0 Å². The summed E-state index contributed by atoms with van der Waals surface area (Å²) in [6.45, 7) is 0.444. The Labute approximate surface area is 81.5 Å². The van der Waals surface area contributed by atoms with Gasteiger partial charge in [-0.15, -0.1) is 0 Å². The van der Waals surface area contributed by atoms with Crippen molar-refractivity contribution in [3.8, 4) is 0 Å². The van der Waals surface area contributed by atoms with Gasteiger partial charge in [-0.2, -0.15) is 0 Å². The lowest BCUT2D eigenvalue weighted by Gasteiger charge is -2.41. The maximum atomic E-state index is 9.31. The van der Waals surface area contributed by atoms with Gasteiger partial charge in [0.15, 0.2) is 0 Å². The van der Waals surface area contributed by atoms with E-state index < -0.39 is 0 Å². The molecule has 0 aromatic carbocycles. The van der Waals surface area contributed by atoms with Gasteiger partial charge < -0.3 is 5.11 Å². The van der Waals surface area contributed by atoms with Crippen molar-refractivity contribution in [3.63, 3.8) is 0 Å². The highest BCUT2D eigenvalue weighted by molar-refractivity contribution is 4.87. The second-order valence-electron chi connectivity index (χ2n) is 5.20. The summed E-state index contributed by atoms with van der Waals surface area (Å²) in [7, 11) is 0. The Morgan fingerprint density at radius 1 is 1.08 bits per heavy atom. The van der Waals surface area contributed by atoms with E-state index in [1.807, 2.05) is 0 Å². The molecule has 0 bridgehead atoms. The second-order valence-corrected chi connectivity index (χ2v) is 5.20. The first kappa shape index (κ1) is 9.51. The lowest BCUT2D eigenvalue weighted by molar-refractivity contribution is 0.0301. The smallest absolute Gasteiger partial charge is 0.0487 e. The van der Waals surface area contributed by atoms with Crippen molar-refractivity contribution in [2.75, 3.05) is 6.61 Å². The molecule has 76 valence electrons. The molecule has 0 aromatic heterocycles. The van der Waals surface area contributed by atoms with E-state index in [1.54, 1.807) is 0 Å². The standard InChI is InChI=1S/C12H22O/c13-10-12(7-3-8-12)9-6-11-4-1-2-5-11/h11,13H,1-10H2. The molecule has 0 spiro atoms. The van der Waals surface area contributed by atoms with Gasteiger partial charge in [-0.05, 0) is 37.0 Å². The van der Waals surface area contributed by atoms with E-state index in [1.165, 1.54) is 57.8 Å². The lowest BCUT2D eigenvalue weighted by atomic mass is 9.66. The number of hydrogen-bond donors (Lipinski definition) is 1. The molecule has 2 fully saturated rings. The molecule has 0 atom stereocenters. The molecule has 0 unspecified atom stereocenters. The van der Waals surface area contributed by atoms with E-state index in [9.17, 15) is 5.11 Å². The molecule has 1 N–H and O–H groups in total. The van der Waals surface area contributed by atoms with Crippen LogP contribution in [-0.2, 0) is 0 Å². The third-order valence-corrected chi connectivity index (χ3v) is 4.31. The molecular weight excluding hydrogens is 160 g/mol. The van der Waals surface area contributed by atoms with E-state index >= 15 is 0 Å². The van der Waals surface area contributed by atoms with E-state index in [4.69, 9.17) is 0 Å². The summed E-state index contributed by atoms with van der Waals surface area (Å²) in [5.41, 5.74) is 0.378. The van der Waals surface area contributed by atoms with Crippen molar-refractivity contribution in [3.05, 3.63) is 0 Å². The largest absolute Gasteiger partial charge is 0.396 e. The first-order valence-electron chi connectivity index (χ1n) is 5.96. The van der Waals surface area contributed by atoms with Crippen molar-refractivity contribution < 1.29 is 5.11 Å². The van der Waals surface area contributed by atoms with E-state index in [-0.39, 0.29) is 0 Å². The fourth-order valence-electron chi connectivity index (χ4n) is 2.97. The summed E-state index contributed by atoms with van der Waals surface area (Å²) in [6.07, 6.45) is 12.4. The molecule has 13 heavy (non-hydrogen) atoms. The molecule has 2 rings (SSSR count). The normalized spacial score (nSPS) is 27.5. The van der Waals surface area contributed by atoms with Gasteiger partial charge in [0.05, 0.1) is 0 Å². The topological polar surface area (TPSA) is 20.2 Å². The van der Waals surface area contributed by atoms with Crippen molar-refractivity contribution in [2.24, 2.45) is 11.3 Å². The maximum Gasteiger partial charge on any atom is 0.0487 e. The Balaban J connectivity index is 1.71. The molecule has 2 saturated carbocycles. The van der Waals surface area contributed by atoms with E-state index in [2.05, 4.69) is 0 Å². The lowest BCUT2D eigenvalue weighted by Crippen LogP contribution is -2.33. The Kier molecular flexibility index (Phi) is 2.92. The monoisotopic (exact) mass is 182 g/mol. The summed E-state index contributed by atoms with van der Waals surface area (Å²) in [5, 5.41) is 9.31. The molecule has 1 nitrogen and oxygen atoms in total. The van der Waals surface area contributed by atoms with Gasteiger partial charge in [-0.3, -0.25) is 0 Å². The second kappa shape index (κ2) is 4.00. The van der Waals surface area contributed by atoms with Crippen LogP contribution >= 0.6 is 0 Å². The van der Waals surface area contributed by atoms with Gasteiger partial charge in [-0.1, -0.05) is 32.1 Å². The summed E-state index contributed by atoms with van der Waals surface area (Å²) in [5.74, 6) is 1.00. The third kappa shape index (κ3) is 2.07. The van der Waals surface area contributed by atoms with Crippen LogP contribution in [0.2, 0.25) is 0 Å². The average molecular weight is 182 g/mol. The summed E-state index contributed by atoms with van der Waals surface area (Å²) >= 11 is 0. The Hall–Kier alpha value is -0.0400. The van der Waals surface area contributed by atoms with Crippen molar-refractivity contribution >= 4 is 0 Å². The molecule has 0 aliphatic heterocycles. The van der Waals surface area contributed by atoms with E-state index in [0.29, 0.717) is 12.0 Å². The van der Waals surface area contributed by atoms with Crippen molar-refractivity contribution in [1.82, 2.24) is 0 Å². The van der Waals surface area contributed by atoms with Gasteiger partial charge in [-0.25, -0.2) is 0 Å². The van der Waals surface area contributed by atoms with Gasteiger partial charge in [0.25, 0.3) is 0 Å². The predicted molar refractivity (Wildman–Crippen MR) is 54.6 cm³/mol. The summed E-state index contributed by atoms with van der Waals surface area (Å²) in [4.78, 5) is 0. The first-order chi connectivity index (χ1) is 6.35. The average Bonchev–Trinajstić information content (AvgIpc) is 2.56. The minimum absolute atomic E-state index is 0.378. The first-order valence-corrected chi connectivity index (χ1v) is 5.96. The minimum Gasteiger partial charge on any atom is -0.396 e. The van der Waals surface area contributed by atoms with Gasteiger partial charge >= 0.3 is 0 Å². The van der Waals surface area contributed by atoms with Crippen LogP contribution in [0.15, 0.2) is 0 Å². The van der Waals surface area contributed by atoms with Crippen molar-refractivity contribution in [1.29, 1.82) is 0 Å². The van der Waals surface area contributed by atoms with E-state index in [0.717, 1.165) is 5.92 Å². The Morgan fingerprint density at radius 3 is 2.23 bits per heavy atom. The van der Waals surface area contributed by atoms with Gasteiger partial charge in [0.2, 0.25) is 0 Å². The Morgan fingerprint density at radius 2 is 1.77 bits per heavy atom.